The number of hydrogen-bond acceptors (Lipinski definition) is 4. The molecule has 0 saturated carbocycles. The van der Waals surface area contributed by atoms with Crippen molar-refractivity contribution in [2.45, 2.75) is 26.3 Å². The number of aromatic nitrogens is 4. The normalized spacial score (nSPS) is 12.3. The molecule has 0 saturated heterocycles. The summed E-state index contributed by atoms with van der Waals surface area (Å²) in [7, 11) is 0. The Morgan fingerprint density at radius 3 is 2.95 bits per heavy atom. The molecule has 0 spiro atoms. The number of tetrazole rings is 1. The van der Waals surface area contributed by atoms with Gasteiger partial charge in [-0.1, -0.05) is 31.0 Å². The van der Waals surface area contributed by atoms with Crippen molar-refractivity contribution >= 4 is 17.6 Å². The van der Waals surface area contributed by atoms with E-state index in [1.54, 1.807) is 6.07 Å². The third-order valence-electron chi connectivity index (χ3n) is 3.20. The lowest BCUT2D eigenvalue weighted by atomic mass is 10.0. The molecular weight excluding hydrogens is 299 g/mol. The predicted molar refractivity (Wildman–Crippen MR) is 74.3 cm³/mol. The third kappa shape index (κ3) is 3.55. The van der Waals surface area contributed by atoms with Gasteiger partial charge in [0.1, 0.15) is 0 Å². The first-order valence-electron chi connectivity index (χ1n) is 6.45. The van der Waals surface area contributed by atoms with Gasteiger partial charge in [0.2, 0.25) is 0 Å². The van der Waals surface area contributed by atoms with Crippen molar-refractivity contribution < 1.29 is 14.3 Å². The van der Waals surface area contributed by atoms with E-state index in [1.165, 1.54) is 16.8 Å². The molecule has 2 aromatic rings. The molecule has 0 aliphatic carbocycles. The van der Waals surface area contributed by atoms with E-state index in [9.17, 15) is 9.18 Å². The molecule has 1 N–H and O–H groups in total. The number of rotatable bonds is 6. The lowest BCUT2D eigenvalue weighted by Crippen LogP contribution is -2.16. The fourth-order valence-corrected chi connectivity index (χ4v) is 2.20. The highest BCUT2D eigenvalue weighted by Crippen LogP contribution is 2.26. The summed E-state index contributed by atoms with van der Waals surface area (Å²) in [5.74, 6) is -1.38. The fraction of sp³-hybridized carbons (Fsp3) is 0.385. The van der Waals surface area contributed by atoms with Gasteiger partial charge in [-0.05, 0) is 28.5 Å². The summed E-state index contributed by atoms with van der Waals surface area (Å²) in [6.07, 6.45) is 0.664. The van der Waals surface area contributed by atoms with Crippen molar-refractivity contribution in [3.05, 3.63) is 29.0 Å². The minimum atomic E-state index is -0.884. The highest BCUT2D eigenvalue weighted by atomic mass is 35.5. The van der Waals surface area contributed by atoms with Crippen LogP contribution in [0.1, 0.15) is 19.8 Å². The van der Waals surface area contributed by atoms with Gasteiger partial charge in [-0.25, -0.2) is 9.07 Å². The number of carboxylic acid groups (broad SMARTS) is 1. The summed E-state index contributed by atoms with van der Waals surface area (Å²) in [5, 5.41) is 20.0. The van der Waals surface area contributed by atoms with E-state index in [1.807, 2.05) is 6.92 Å². The van der Waals surface area contributed by atoms with Crippen LogP contribution in [-0.4, -0.2) is 31.3 Å². The Labute approximate surface area is 125 Å². The number of hydrogen-bond donors (Lipinski definition) is 1. The van der Waals surface area contributed by atoms with Crippen LogP contribution >= 0.6 is 11.6 Å². The predicted octanol–water partition coefficient (Wildman–Crippen LogP) is 2.63. The first kappa shape index (κ1) is 15.4. The molecule has 1 aromatic heterocycles. The number of carbonyl (C=O) groups is 1. The van der Waals surface area contributed by atoms with Crippen LogP contribution in [0.3, 0.4) is 0 Å². The molecule has 21 heavy (non-hydrogen) atoms. The molecule has 1 unspecified atom stereocenters. The molecular formula is C13H14ClFN4O2. The van der Waals surface area contributed by atoms with Gasteiger partial charge in [0.15, 0.2) is 11.6 Å². The van der Waals surface area contributed by atoms with Crippen molar-refractivity contribution in [1.82, 2.24) is 20.2 Å². The average Bonchev–Trinajstić information content (AvgIpc) is 2.88. The molecule has 8 heteroatoms. The second-order valence-electron chi connectivity index (χ2n) is 4.66. The molecule has 112 valence electrons. The number of nitrogens with zero attached hydrogens (tertiary/aromatic N) is 4. The maximum Gasteiger partial charge on any atom is 0.303 e. The second-order valence-corrected chi connectivity index (χ2v) is 5.07. The van der Waals surface area contributed by atoms with Gasteiger partial charge < -0.3 is 5.11 Å². The van der Waals surface area contributed by atoms with Crippen LogP contribution in [0.2, 0.25) is 5.02 Å². The van der Waals surface area contributed by atoms with E-state index in [0.29, 0.717) is 13.0 Å². The van der Waals surface area contributed by atoms with Crippen LogP contribution in [0.25, 0.3) is 11.4 Å². The van der Waals surface area contributed by atoms with Crippen LogP contribution in [0.15, 0.2) is 18.2 Å². The Hall–Kier alpha value is -2.02. The lowest BCUT2D eigenvalue weighted by molar-refractivity contribution is -0.138. The van der Waals surface area contributed by atoms with Crippen LogP contribution in [-0.2, 0) is 11.3 Å². The smallest absolute Gasteiger partial charge is 0.303 e. The molecule has 1 aromatic carbocycles. The van der Waals surface area contributed by atoms with E-state index in [2.05, 4.69) is 15.5 Å². The van der Waals surface area contributed by atoms with Gasteiger partial charge in [-0.2, -0.15) is 0 Å². The molecule has 0 bridgehead atoms. The van der Waals surface area contributed by atoms with Gasteiger partial charge in [-0.15, -0.1) is 5.10 Å². The fourth-order valence-electron chi connectivity index (χ4n) is 2.03. The van der Waals surface area contributed by atoms with Gasteiger partial charge in [0, 0.05) is 13.0 Å². The molecule has 0 aliphatic heterocycles. The van der Waals surface area contributed by atoms with Gasteiger partial charge in [0.05, 0.1) is 10.6 Å². The summed E-state index contributed by atoms with van der Waals surface area (Å²) in [5.41, 5.74) is 0.192. The van der Waals surface area contributed by atoms with Crippen molar-refractivity contribution in [2.24, 2.45) is 5.92 Å². The zero-order valence-corrected chi connectivity index (χ0v) is 12.1. The molecule has 0 radical (unpaired) electrons. The maximum atomic E-state index is 14.0. The van der Waals surface area contributed by atoms with Crippen molar-refractivity contribution in [2.75, 3.05) is 0 Å². The summed E-state index contributed by atoms with van der Waals surface area (Å²) in [6, 6.07) is 4.57. The van der Waals surface area contributed by atoms with Crippen molar-refractivity contribution in [3.63, 3.8) is 0 Å². The summed E-state index contributed by atoms with van der Waals surface area (Å²) in [6.45, 7) is 2.19. The zero-order chi connectivity index (χ0) is 15.4. The van der Waals surface area contributed by atoms with Crippen molar-refractivity contribution in [1.29, 1.82) is 0 Å². The maximum absolute atomic E-state index is 14.0. The molecule has 0 amide bonds. The number of halogens is 2. The van der Waals surface area contributed by atoms with Crippen LogP contribution in [0, 0.1) is 11.7 Å². The largest absolute Gasteiger partial charge is 0.481 e. The summed E-state index contributed by atoms with van der Waals surface area (Å²) in [4.78, 5) is 10.8. The Morgan fingerprint density at radius 2 is 2.29 bits per heavy atom. The number of benzene rings is 1. The van der Waals surface area contributed by atoms with Gasteiger partial charge in [-0.3, -0.25) is 4.79 Å². The zero-order valence-electron chi connectivity index (χ0n) is 11.3. The minimum absolute atomic E-state index is 0.00777. The number of carboxylic acids is 1. The Kier molecular flexibility index (Phi) is 4.85. The van der Waals surface area contributed by atoms with Crippen molar-refractivity contribution in [3.8, 4) is 11.4 Å². The highest BCUT2D eigenvalue weighted by molar-refractivity contribution is 6.31. The van der Waals surface area contributed by atoms with E-state index >= 15 is 0 Å². The Balaban J connectivity index is 2.30. The topological polar surface area (TPSA) is 80.9 Å². The van der Waals surface area contributed by atoms with Crippen LogP contribution in [0.5, 0.6) is 0 Å². The standard InChI is InChI=1S/C13H14ClFN4O2/c1-2-8(6-11(20)21)7-19-13(16-17-18-19)9-4-3-5-10(14)12(9)15/h3-5,8H,2,6-7H2,1H3,(H,20,21). The molecule has 2 rings (SSSR count). The third-order valence-corrected chi connectivity index (χ3v) is 3.49. The molecule has 1 atom stereocenters. The average molecular weight is 313 g/mol. The van der Waals surface area contributed by atoms with Gasteiger partial charge >= 0.3 is 5.97 Å². The summed E-state index contributed by atoms with van der Waals surface area (Å²) >= 11 is 5.75. The highest BCUT2D eigenvalue weighted by Gasteiger charge is 2.19. The molecule has 1 heterocycles. The first-order chi connectivity index (χ1) is 10.0. The second kappa shape index (κ2) is 6.62. The van der Waals surface area contributed by atoms with E-state index in [0.717, 1.165) is 0 Å². The minimum Gasteiger partial charge on any atom is -0.481 e. The van der Waals surface area contributed by atoms with E-state index < -0.39 is 11.8 Å². The molecule has 0 fully saturated rings. The Bertz CT molecular complexity index is 647. The van der Waals surface area contributed by atoms with Crippen LogP contribution < -0.4 is 0 Å². The number of aliphatic carboxylic acids is 1. The first-order valence-corrected chi connectivity index (χ1v) is 6.83. The molecule has 0 aliphatic rings. The van der Waals surface area contributed by atoms with Gasteiger partial charge in [0.25, 0.3) is 0 Å². The quantitative estimate of drug-likeness (QED) is 0.886. The SMILES string of the molecule is CCC(CC(=O)O)Cn1nnnc1-c1cccc(Cl)c1F. The monoisotopic (exact) mass is 312 g/mol. The van der Waals surface area contributed by atoms with E-state index in [4.69, 9.17) is 16.7 Å². The van der Waals surface area contributed by atoms with Crippen LogP contribution in [0.4, 0.5) is 4.39 Å². The Morgan fingerprint density at radius 1 is 1.52 bits per heavy atom. The molecule has 6 nitrogen and oxygen atoms in total. The lowest BCUT2D eigenvalue weighted by Gasteiger charge is -2.13. The van der Waals surface area contributed by atoms with E-state index in [-0.39, 0.29) is 28.7 Å². The summed E-state index contributed by atoms with van der Waals surface area (Å²) < 4.78 is 15.4.